The van der Waals surface area contributed by atoms with Gasteiger partial charge < -0.3 is 11.1 Å². The maximum atomic E-state index is 5.76. The second kappa shape index (κ2) is 7.43. The van der Waals surface area contributed by atoms with Gasteiger partial charge in [0.05, 0.1) is 0 Å². The molecule has 1 aromatic carbocycles. The van der Waals surface area contributed by atoms with Crippen LogP contribution in [0.5, 0.6) is 0 Å². The topological polar surface area (TPSA) is 38.0 Å². The van der Waals surface area contributed by atoms with Crippen LogP contribution in [-0.2, 0) is 0 Å². The number of nitrogens with one attached hydrogen (secondary N) is 1. The molecule has 0 amide bonds. The van der Waals surface area contributed by atoms with E-state index >= 15 is 0 Å². The Morgan fingerprint density at radius 3 is 2.53 bits per heavy atom. The smallest absolute Gasteiger partial charge is 0.0444 e. The minimum Gasteiger partial charge on any atom is -0.329 e. The minimum atomic E-state index is 0.308. The van der Waals surface area contributed by atoms with Crippen LogP contribution in [0.1, 0.15) is 37.8 Å². The van der Waals surface area contributed by atoms with Crippen LogP contribution in [0.25, 0.3) is 0 Å². The van der Waals surface area contributed by atoms with Gasteiger partial charge in [0.2, 0.25) is 0 Å². The Bertz CT molecular complexity index is 246. The molecule has 2 nitrogen and oxygen atoms in total. The molecule has 0 fully saturated rings. The molecule has 0 saturated carbocycles. The fourth-order valence-electron chi connectivity index (χ4n) is 1.67. The highest BCUT2D eigenvalue weighted by molar-refractivity contribution is 5.19. The molecule has 0 heterocycles. The van der Waals surface area contributed by atoms with Gasteiger partial charge in [-0.15, -0.1) is 0 Å². The molecular formula is C13H22N2. The second-order valence-electron chi connectivity index (χ2n) is 3.86. The molecule has 1 unspecified atom stereocenters. The molecule has 0 aliphatic carbocycles. The van der Waals surface area contributed by atoms with Crippen molar-refractivity contribution < 1.29 is 0 Å². The average molecular weight is 206 g/mol. The first-order valence-electron chi connectivity index (χ1n) is 5.87. The molecule has 1 atom stereocenters. The summed E-state index contributed by atoms with van der Waals surface area (Å²) in [6, 6.07) is 10.7. The lowest BCUT2D eigenvalue weighted by Crippen LogP contribution is -2.28. The first-order valence-corrected chi connectivity index (χ1v) is 5.87. The van der Waals surface area contributed by atoms with Crippen molar-refractivity contribution in [1.82, 2.24) is 5.32 Å². The zero-order chi connectivity index (χ0) is 10.9. The van der Waals surface area contributed by atoms with E-state index in [0.717, 1.165) is 6.54 Å². The van der Waals surface area contributed by atoms with E-state index in [-0.39, 0.29) is 0 Å². The predicted molar refractivity (Wildman–Crippen MR) is 65.8 cm³/mol. The third-order valence-corrected chi connectivity index (χ3v) is 2.61. The van der Waals surface area contributed by atoms with E-state index in [1.54, 1.807) is 0 Å². The highest BCUT2D eigenvalue weighted by atomic mass is 14.9. The summed E-state index contributed by atoms with van der Waals surface area (Å²) in [6.45, 7) is 3.94. The fourth-order valence-corrected chi connectivity index (χ4v) is 1.67. The Morgan fingerprint density at radius 2 is 1.93 bits per heavy atom. The predicted octanol–water partition coefficient (Wildman–Crippen LogP) is 2.47. The van der Waals surface area contributed by atoms with Crippen LogP contribution in [0, 0.1) is 0 Å². The highest BCUT2D eigenvalue weighted by Crippen LogP contribution is 2.10. The molecule has 15 heavy (non-hydrogen) atoms. The number of hydrogen-bond acceptors (Lipinski definition) is 2. The molecule has 0 saturated heterocycles. The summed E-state index contributed by atoms with van der Waals surface area (Å²) in [5.74, 6) is 0. The minimum absolute atomic E-state index is 0.308. The third kappa shape index (κ3) is 4.45. The van der Waals surface area contributed by atoms with Gasteiger partial charge in [-0.05, 0) is 18.5 Å². The lowest BCUT2D eigenvalue weighted by atomic mass is 10.1. The lowest BCUT2D eigenvalue weighted by Gasteiger charge is -2.17. The summed E-state index contributed by atoms with van der Waals surface area (Å²) >= 11 is 0. The molecule has 84 valence electrons. The third-order valence-electron chi connectivity index (χ3n) is 2.61. The van der Waals surface area contributed by atoms with Crippen molar-refractivity contribution in [3.63, 3.8) is 0 Å². The molecule has 1 aromatic rings. The van der Waals surface area contributed by atoms with E-state index in [1.165, 1.54) is 24.8 Å². The van der Waals surface area contributed by atoms with Crippen LogP contribution in [0.15, 0.2) is 30.3 Å². The molecule has 0 aliphatic rings. The maximum Gasteiger partial charge on any atom is 0.0444 e. The van der Waals surface area contributed by atoms with Crippen LogP contribution in [0.2, 0.25) is 0 Å². The SMILES string of the molecule is CCCCCNC(CN)c1ccccc1. The molecule has 3 N–H and O–H groups in total. The van der Waals surface area contributed by atoms with Crippen molar-refractivity contribution in [3.05, 3.63) is 35.9 Å². The summed E-state index contributed by atoms with van der Waals surface area (Å²) in [5.41, 5.74) is 7.05. The van der Waals surface area contributed by atoms with Crippen molar-refractivity contribution >= 4 is 0 Å². The summed E-state index contributed by atoms with van der Waals surface area (Å²) in [4.78, 5) is 0. The van der Waals surface area contributed by atoms with Crippen molar-refractivity contribution in [1.29, 1.82) is 0 Å². The average Bonchev–Trinajstić information content (AvgIpc) is 2.30. The van der Waals surface area contributed by atoms with E-state index in [2.05, 4.69) is 36.5 Å². The Kier molecular flexibility index (Phi) is 6.05. The van der Waals surface area contributed by atoms with Gasteiger partial charge >= 0.3 is 0 Å². The van der Waals surface area contributed by atoms with Crippen LogP contribution in [0.3, 0.4) is 0 Å². The van der Waals surface area contributed by atoms with Crippen molar-refractivity contribution in [2.75, 3.05) is 13.1 Å². The second-order valence-corrected chi connectivity index (χ2v) is 3.86. The first kappa shape index (κ1) is 12.2. The number of nitrogens with two attached hydrogens (primary N) is 1. The quantitative estimate of drug-likeness (QED) is 0.673. The molecular weight excluding hydrogens is 184 g/mol. The number of rotatable bonds is 7. The van der Waals surface area contributed by atoms with Crippen molar-refractivity contribution in [3.8, 4) is 0 Å². The number of benzene rings is 1. The lowest BCUT2D eigenvalue weighted by molar-refractivity contribution is 0.520. The van der Waals surface area contributed by atoms with Crippen molar-refractivity contribution in [2.45, 2.75) is 32.2 Å². The van der Waals surface area contributed by atoms with Crippen LogP contribution in [-0.4, -0.2) is 13.1 Å². The van der Waals surface area contributed by atoms with Gasteiger partial charge in [0.1, 0.15) is 0 Å². The highest BCUT2D eigenvalue weighted by Gasteiger charge is 2.06. The van der Waals surface area contributed by atoms with Gasteiger partial charge in [0.15, 0.2) is 0 Å². The van der Waals surface area contributed by atoms with Crippen LogP contribution < -0.4 is 11.1 Å². The van der Waals surface area contributed by atoms with E-state index in [0.29, 0.717) is 12.6 Å². The monoisotopic (exact) mass is 206 g/mol. The number of hydrogen-bond donors (Lipinski definition) is 2. The molecule has 2 heteroatoms. The van der Waals surface area contributed by atoms with Gasteiger partial charge in [-0.25, -0.2) is 0 Å². The van der Waals surface area contributed by atoms with Crippen molar-refractivity contribution in [2.24, 2.45) is 5.73 Å². The summed E-state index contributed by atoms with van der Waals surface area (Å²) in [7, 11) is 0. The first-order chi connectivity index (χ1) is 7.38. The van der Waals surface area contributed by atoms with E-state index in [9.17, 15) is 0 Å². The summed E-state index contributed by atoms with van der Waals surface area (Å²) < 4.78 is 0. The molecule has 0 radical (unpaired) electrons. The van der Waals surface area contributed by atoms with Gasteiger partial charge in [-0.2, -0.15) is 0 Å². The Hall–Kier alpha value is -0.860. The van der Waals surface area contributed by atoms with E-state index < -0.39 is 0 Å². The van der Waals surface area contributed by atoms with Gasteiger partial charge in [-0.3, -0.25) is 0 Å². The fraction of sp³-hybridized carbons (Fsp3) is 0.538. The summed E-state index contributed by atoms with van der Waals surface area (Å²) in [5, 5.41) is 3.50. The van der Waals surface area contributed by atoms with Crippen LogP contribution in [0.4, 0.5) is 0 Å². The van der Waals surface area contributed by atoms with E-state index in [4.69, 9.17) is 5.73 Å². The summed E-state index contributed by atoms with van der Waals surface area (Å²) in [6.07, 6.45) is 3.79. The largest absolute Gasteiger partial charge is 0.329 e. The Balaban J connectivity index is 2.36. The van der Waals surface area contributed by atoms with E-state index in [1.807, 2.05) is 6.07 Å². The standard InChI is InChI=1S/C13H22N2/c1-2-3-7-10-15-13(11-14)12-8-5-4-6-9-12/h4-6,8-9,13,15H,2-3,7,10-11,14H2,1H3. The normalized spacial score (nSPS) is 12.7. The molecule has 0 aliphatic heterocycles. The maximum absolute atomic E-state index is 5.76. The zero-order valence-electron chi connectivity index (χ0n) is 9.58. The van der Waals surface area contributed by atoms with Gasteiger partial charge in [-0.1, -0.05) is 50.1 Å². The Labute approximate surface area is 92.9 Å². The zero-order valence-corrected chi connectivity index (χ0v) is 9.58. The number of unbranched alkanes of at least 4 members (excludes halogenated alkanes) is 2. The van der Waals surface area contributed by atoms with Gasteiger partial charge in [0, 0.05) is 12.6 Å². The molecule has 1 rings (SSSR count). The Morgan fingerprint density at radius 1 is 1.20 bits per heavy atom. The molecule has 0 aromatic heterocycles. The van der Waals surface area contributed by atoms with Crippen LogP contribution >= 0.6 is 0 Å². The molecule has 0 spiro atoms. The molecule has 0 bridgehead atoms. The van der Waals surface area contributed by atoms with Gasteiger partial charge in [0.25, 0.3) is 0 Å².